The van der Waals surface area contributed by atoms with E-state index in [0.29, 0.717) is 29.2 Å². The molecular weight excluding hydrogens is 310 g/mol. The van der Waals surface area contributed by atoms with Gasteiger partial charge in [0, 0.05) is 18.7 Å². The monoisotopic (exact) mass is 327 g/mol. The number of nitrogens with zero attached hydrogens (tertiary/aromatic N) is 1. The van der Waals surface area contributed by atoms with Crippen molar-refractivity contribution in [2.24, 2.45) is 0 Å². The topological polar surface area (TPSA) is 64.9 Å². The summed E-state index contributed by atoms with van der Waals surface area (Å²) in [6.45, 7) is 2.54. The number of nitrogens with one attached hydrogen (secondary N) is 2. The predicted molar refractivity (Wildman–Crippen MR) is 93.5 cm³/mol. The van der Waals surface area contributed by atoms with Crippen molar-refractivity contribution in [3.63, 3.8) is 0 Å². The molecule has 2 aromatic rings. The van der Waals surface area contributed by atoms with Crippen molar-refractivity contribution in [1.82, 2.24) is 0 Å². The van der Waals surface area contributed by atoms with E-state index in [0.717, 1.165) is 17.7 Å². The largest absolute Gasteiger partial charge is 0.380 e. The summed E-state index contributed by atoms with van der Waals surface area (Å²) in [6, 6.07) is 15.0. The van der Waals surface area contributed by atoms with E-state index in [2.05, 4.69) is 16.7 Å². The first-order valence-corrected chi connectivity index (χ1v) is 7.83. The summed E-state index contributed by atoms with van der Waals surface area (Å²) in [5, 5.41) is 15.6. The van der Waals surface area contributed by atoms with E-state index in [1.54, 1.807) is 12.1 Å². The van der Waals surface area contributed by atoms with Crippen LogP contribution in [0.3, 0.4) is 0 Å². The molecule has 0 aromatic heterocycles. The molecule has 1 amide bonds. The van der Waals surface area contributed by atoms with Gasteiger partial charge in [0.15, 0.2) is 0 Å². The van der Waals surface area contributed by atoms with Gasteiger partial charge in [-0.2, -0.15) is 5.26 Å². The number of amides is 1. The highest BCUT2D eigenvalue weighted by Gasteiger charge is 2.06. The maximum absolute atomic E-state index is 11.5. The molecule has 2 aromatic carbocycles. The third-order valence-electron chi connectivity index (χ3n) is 3.32. The number of hydrogen-bond donors (Lipinski definition) is 2. The molecule has 0 aliphatic rings. The van der Waals surface area contributed by atoms with Crippen molar-refractivity contribution >= 4 is 28.9 Å². The fourth-order valence-corrected chi connectivity index (χ4v) is 2.36. The summed E-state index contributed by atoms with van der Waals surface area (Å²) < 4.78 is 0. The summed E-state index contributed by atoms with van der Waals surface area (Å²) in [5.74, 6) is 0.0240. The van der Waals surface area contributed by atoms with Gasteiger partial charge in [-0.15, -0.1) is 0 Å². The molecular formula is C18H18ClN3O. The Balaban J connectivity index is 1.98. The summed E-state index contributed by atoms with van der Waals surface area (Å²) in [4.78, 5) is 11.5. The normalized spacial score (nSPS) is 9.96. The fourth-order valence-electron chi connectivity index (χ4n) is 2.14. The van der Waals surface area contributed by atoms with Crippen molar-refractivity contribution in [3.05, 3.63) is 58.6 Å². The third kappa shape index (κ3) is 4.73. The van der Waals surface area contributed by atoms with Crippen LogP contribution in [0.4, 0.5) is 11.4 Å². The van der Waals surface area contributed by atoms with Crippen LogP contribution in [0.2, 0.25) is 5.02 Å². The number of carbonyl (C=O) groups is 1. The van der Waals surface area contributed by atoms with Crippen molar-refractivity contribution in [3.8, 4) is 6.07 Å². The molecule has 0 atom stereocenters. The number of anilines is 2. The van der Waals surface area contributed by atoms with Crippen LogP contribution in [0.15, 0.2) is 42.5 Å². The van der Waals surface area contributed by atoms with Gasteiger partial charge in [0.2, 0.25) is 5.91 Å². The molecule has 2 N–H and O–H groups in total. The lowest BCUT2D eigenvalue weighted by Gasteiger charge is -2.10. The van der Waals surface area contributed by atoms with Crippen LogP contribution in [-0.2, 0) is 11.3 Å². The second-order valence-electron chi connectivity index (χ2n) is 5.12. The van der Waals surface area contributed by atoms with E-state index >= 15 is 0 Å². The van der Waals surface area contributed by atoms with Gasteiger partial charge < -0.3 is 10.6 Å². The van der Waals surface area contributed by atoms with Crippen LogP contribution in [0.25, 0.3) is 0 Å². The molecule has 0 saturated carbocycles. The van der Waals surface area contributed by atoms with Crippen LogP contribution in [0.1, 0.15) is 30.9 Å². The average Bonchev–Trinajstić information content (AvgIpc) is 2.54. The van der Waals surface area contributed by atoms with Crippen molar-refractivity contribution in [2.75, 3.05) is 10.6 Å². The van der Waals surface area contributed by atoms with Crippen LogP contribution in [0, 0.1) is 11.3 Å². The molecule has 23 heavy (non-hydrogen) atoms. The Hall–Kier alpha value is -2.51. The van der Waals surface area contributed by atoms with E-state index in [-0.39, 0.29) is 5.91 Å². The van der Waals surface area contributed by atoms with Crippen molar-refractivity contribution in [1.29, 1.82) is 5.26 Å². The number of rotatable bonds is 6. The van der Waals surface area contributed by atoms with E-state index in [1.807, 2.05) is 37.3 Å². The summed E-state index contributed by atoms with van der Waals surface area (Å²) in [5.41, 5.74) is 2.98. The highest BCUT2D eigenvalue weighted by atomic mass is 35.5. The van der Waals surface area contributed by atoms with Gasteiger partial charge in [-0.25, -0.2) is 0 Å². The first-order valence-electron chi connectivity index (χ1n) is 7.45. The van der Waals surface area contributed by atoms with Gasteiger partial charge in [0.25, 0.3) is 0 Å². The zero-order valence-corrected chi connectivity index (χ0v) is 13.7. The Morgan fingerprint density at radius 3 is 2.61 bits per heavy atom. The highest BCUT2D eigenvalue weighted by Crippen LogP contribution is 2.23. The van der Waals surface area contributed by atoms with Gasteiger partial charge in [0.05, 0.1) is 16.3 Å². The molecule has 118 valence electrons. The Labute approximate surface area is 141 Å². The van der Waals surface area contributed by atoms with Gasteiger partial charge in [0.1, 0.15) is 6.07 Å². The van der Waals surface area contributed by atoms with Gasteiger partial charge in [-0.1, -0.05) is 36.7 Å². The Morgan fingerprint density at radius 1 is 1.22 bits per heavy atom. The predicted octanol–water partition coefficient (Wildman–Crippen LogP) is 4.56. The molecule has 0 heterocycles. The minimum Gasteiger partial charge on any atom is -0.380 e. The lowest BCUT2D eigenvalue weighted by Crippen LogP contribution is -2.10. The summed E-state index contributed by atoms with van der Waals surface area (Å²) in [7, 11) is 0. The Morgan fingerprint density at radius 2 is 1.96 bits per heavy atom. The molecule has 0 saturated heterocycles. The van der Waals surface area contributed by atoms with E-state index < -0.39 is 0 Å². The Kier molecular flexibility index (Phi) is 6.02. The third-order valence-corrected chi connectivity index (χ3v) is 3.64. The SMILES string of the molecule is CCCC(=O)Nc1ccc(CNc2cccc(Cl)c2C#N)cc1. The second-order valence-corrected chi connectivity index (χ2v) is 5.53. The highest BCUT2D eigenvalue weighted by molar-refractivity contribution is 6.32. The van der Waals surface area contributed by atoms with Crippen molar-refractivity contribution in [2.45, 2.75) is 26.3 Å². The average molecular weight is 328 g/mol. The molecule has 0 spiro atoms. The van der Waals surface area contributed by atoms with Gasteiger partial charge in [-0.3, -0.25) is 4.79 Å². The number of carbonyl (C=O) groups excluding carboxylic acids is 1. The molecule has 0 bridgehead atoms. The van der Waals surface area contributed by atoms with Crippen LogP contribution >= 0.6 is 11.6 Å². The molecule has 4 nitrogen and oxygen atoms in total. The minimum atomic E-state index is 0.0240. The number of benzene rings is 2. The fraction of sp³-hybridized carbons (Fsp3) is 0.222. The number of nitriles is 1. The van der Waals surface area contributed by atoms with E-state index in [4.69, 9.17) is 16.9 Å². The number of hydrogen-bond acceptors (Lipinski definition) is 3. The molecule has 0 aliphatic carbocycles. The second kappa shape index (κ2) is 8.21. The summed E-state index contributed by atoms with van der Waals surface area (Å²) >= 11 is 6.00. The molecule has 0 fully saturated rings. The van der Waals surface area contributed by atoms with E-state index in [1.165, 1.54) is 0 Å². The molecule has 0 unspecified atom stereocenters. The molecule has 0 aliphatic heterocycles. The maximum atomic E-state index is 11.5. The molecule has 2 rings (SSSR count). The van der Waals surface area contributed by atoms with Gasteiger partial charge in [-0.05, 0) is 36.2 Å². The molecule has 0 radical (unpaired) electrons. The summed E-state index contributed by atoms with van der Waals surface area (Å²) in [6.07, 6.45) is 1.35. The Bertz CT molecular complexity index is 720. The molecule has 5 heteroatoms. The van der Waals surface area contributed by atoms with Crippen LogP contribution < -0.4 is 10.6 Å². The smallest absolute Gasteiger partial charge is 0.224 e. The zero-order valence-electron chi connectivity index (χ0n) is 12.9. The van der Waals surface area contributed by atoms with Crippen molar-refractivity contribution < 1.29 is 4.79 Å². The van der Waals surface area contributed by atoms with Crippen LogP contribution in [0.5, 0.6) is 0 Å². The first kappa shape index (κ1) is 16.9. The van der Waals surface area contributed by atoms with E-state index in [9.17, 15) is 4.79 Å². The number of halogens is 1. The lowest BCUT2D eigenvalue weighted by atomic mass is 10.1. The zero-order chi connectivity index (χ0) is 16.7. The lowest BCUT2D eigenvalue weighted by molar-refractivity contribution is -0.116. The van der Waals surface area contributed by atoms with Gasteiger partial charge >= 0.3 is 0 Å². The standard InChI is InChI=1S/C18H18ClN3O/c1-2-4-18(23)22-14-9-7-13(8-10-14)12-21-17-6-3-5-16(19)15(17)11-20/h3,5-10,21H,2,4,12H2,1H3,(H,22,23). The van der Waals surface area contributed by atoms with Crippen LogP contribution in [-0.4, -0.2) is 5.91 Å². The maximum Gasteiger partial charge on any atom is 0.224 e. The first-order chi connectivity index (χ1) is 11.1. The quantitative estimate of drug-likeness (QED) is 0.817. The minimum absolute atomic E-state index is 0.0240.